The number of fused-ring (bicyclic) bond motifs is 6. The highest BCUT2D eigenvalue weighted by Crippen LogP contribution is 2.72. The normalized spacial score (nSPS) is 25.3. The predicted octanol–water partition coefficient (Wildman–Crippen LogP) is 21.3. The molecule has 0 N–H and O–H groups in total. The number of benzene rings is 10. The largest absolute Gasteiger partial charge is 0.334 e. The molecule has 2 aliphatic carbocycles. The van der Waals surface area contributed by atoms with Crippen molar-refractivity contribution in [2.24, 2.45) is 21.7 Å². The summed E-state index contributed by atoms with van der Waals surface area (Å²) in [6.45, 7) is 30.6. The van der Waals surface area contributed by atoms with Crippen LogP contribution in [0.2, 0.25) is 0 Å². The van der Waals surface area contributed by atoms with Crippen molar-refractivity contribution in [3.63, 3.8) is 0 Å². The lowest BCUT2D eigenvalue weighted by Gasteiger charge is -2.62. The number of hydrogen-bond acceptors (Lipinski definition) is 2. The first-order valence-electron chi connectivity index (χ1n) is 29.0. The Bertz CT molecular complexity index is 3770. The lowest BCUT2D eigenvalue weighted by Crippen LogP contribution is -2.65. The van der Waals surface area contributed by atoms with Gasteiger partial charge in [0.15, 0.2) is 0 Å². The van der Waals surface area contributed by atoms with Crippen LogP contribution in [-0.4, -0.2) is 11.1 Å². The average molecular weight is 1020 g/mol. The highest BCUT2D eigenvalue weighted by atomic mass is 15.3. The molecule has 0 radical (unpaired) electrons. The third-order valence-corrected chi connectivity index (χ3v) is 21.6. The molecule has 4 unspecified atom stereocenters. The Morgan fingerprint density at radius 1 is 0.295 bits per heavy atom. The Labute approximate surface area is 464 Å². The summed E-state index contributed by atoms with van der Waals surface area (Å²) in [5.74, 6) is 0. The van der Waals surface area contributed by atoms with Gasteiger partial charge in [-0.3, -0.25) is 0 Å². The average Bonchev–Trinajstić information content (AvgIpc) is 2.48. The molecule has 2 aliphatic heterocycles. The molecule has 4 aliphatic rings. The number of anilines is 4. The van der Waals surface area contributed by atoms with Gasteiger partial charge < -0.3 is 9.80 Å². The van der Waals surface area contributed by atoms with Crippen molar-refractivity contribution in [2.75, 3.05) is 9.80 Å². The van der Waals surface area contributed by atoms with E-state index in [2.05, 4.69) is 287 Å². The first-order valence-corrected chi connectivity index (χ1v) is 29.0. The van der Waals surface area contributed by atoms with Gasteiger partial charge in [-0.1, -0.05) is 203 Å². The Balaban J connectivity index is 1.05. The summed E-state index contributed by atoms with van der Waals surface area (Å²) < 4.78 is 0. The van der Waals surface area contributed by atoms with Gasteiger partial charge in [0.25, 0.3) is 0 Å². The van der Waals surface area contributed by atoms with Crippen molar-refractivity contribution in [3.8, 4) is 44.5 Å². The maximum absolute atomic E-state index is 2.73. The fourth-order valence-corrected chi connectivity index (χ4v) is 18.8. The van der Waals surface area contributed by atoms with E-state index >= 15 is 0 Å². The first kappa shape index (κ1) is 49.2. The number of rotatable bonds is 6. The second kappa shape index (κ2) is 16.2. The molecule has 2 saturated carbocycles. The van der Waals surface area contributed by atoms with E-state index in [4.69, 9.17) is 0 Å². The third-order valence-electron chi connectivity index (χ3n) is 21.6. The van der Waals surface area contributed by atoms with E-state index in [9.17, 15) is 0 Å². The lowest BCUT2D eigenvalue weighted by atomic mass is 9.45. The zero-order chi connectivity index (χ0) is 54.2. The van der Waals surface area contributed by atoms with Gasteiger partial charge >= 0.3 is 0 Å². The fourth-order valence-electron chi connectivity index (χ4n) is 18.8. The summed E-state index contributed by atoms with van der Waals surface area (Å²) >= 11 is 0. The second-order valence-electron chi connectivity index (χ2n) is 28.2. The summed E-state index contributed by atoms with van der Waals surface area (Å²) in [5.41, 5.74) is 18.1. The van der Waals surface area contributed by atoms with Crippen molar-refractivity contribution in [2.45, 2.75) is 131 Å². The van der Waals surface area contributed by atoms with E-state index in [0.29, 0.717) is 0 Å². The molecule has 10 aromatic rings. The van der Waals surface area contributed by atoms with Crippen LogP contribution in [0.5, 0.6) is 0 Å². The van der Waals surface area contributed by atoms with E-state index < -0.39 is 0 Å². The molecule has 0 saturated heterocycles. The molecule has 10 aromatic carbocycles. The van der Waals surface area contributed by atoms with E-state index in [-0.39, 0.29) is 43.6 Å². The molecule has 2 nitrogen and oxygen atoms in total. The molecule has 0 amide bonds. The molecule has 0 bridgehead atoms. The Hall–Kier alpha value is -7.16. The third kappa shape index (κ3) is 6.50. The van der Waals surface area contributed by atoms with Gasteiger partial charge in [-0.15, -0.1) is 0 Å². The molecular weight excluding hydrogens is 941 g/mol. The van der Waals surface area contributed by atoms with Gasteiger partial charge in [0.1, 0.15) is 0 Å². The number of nitrogens with zero attached hydrogens (tertiary/aromatic N) is 2. The Morgan fingerprint density at radius 3 is 0.936 bits per heavy atom. The molecular formula is C76H76N2. The van der Waals surface area contributed by atoms with Gasteiger partial charge in [0.2, 0.25) is 0 Å². The van der Waals surface area contributed by atoms with E-state index in [1.54, 1.807) is 0 Å². The van der Waals surface area contributed by atoms with Gasteiger partial charge in [0.05, 0.1) is 11.1 Å². The predicted molar refractivity (Wildman–Crippen MR) is 334 cm³/mol. The molecule has 14 rings (SSSR count). The second-order valence-corrected chi connectivity index (χ2v) is 28.2. The van der Waals surface area contributed by atoms with Crippen LogP contribution in [0.4, 0.5) is 22.7 Å². The monoisotopic (exact) mass is 1020 g/mol. The summed E-state index contributed by atoms with van der Waals surface area (Å²) in [7, 11) is 0. The summed E-state index contributed by atoms with van der Waals surface area (Å²) in [5, 5.41) is 7.88. The van der Waals surface area contributed by atoms with Crippen LogP contribution in [0.3, 0.4) is 0 Å². The smallest absolute Gasteiger partial charge is 0.0528 e. The van der Waals surface area contributed by atoms with Crippen molar-refractivity contribution < 1.29 is 0 Å². The van der Waals surface area contributed by atoms with Crippen LogP contribution in [-0.2, 0) is 10.8 Å². The maximum atomic E-state index is 2.73. The quantitative estimate of drug-likeness (QED) is 0.153. The molecule has 390 valence electrons. The lowest BCUT2D eigenvalue weighted by molar-refractivity contribution is -0.0239. The van der Waals surface area contributed by atoms with E-state index in [1.165, 1.54) is 111 Å². The Kier molecular flexibility index (Phi) is 10.2. The number of hydrogen-bond donors (Lipinski definition) is 0. The van der Waals surface area contributed by atoms with Crippen molar-refractivity contribution in [1.29, 1.82) is 0 Å². The van der Waals surface area contributed by atoms with Crippen molar-refractivity contribution in [3.05, 3.63) is 205 Å². The molecule has 78 heavy (non-hydrogen) atoms. The van der Waals surface area contributed by atoms with Crippen molar-refractivity contribution >= 4 is 55.1 Å². The molecule has 0 aromatic heterocycles. The van der Waals surface area contributed by atoms with Gasteiger partial charge in [-0.2, -0.15) is 0 Å². The zero-order valence-electron chi connectivity index (χ0n) is 48.2. The fraction of sp³-hybridized carbons (Fsp3) is 0.316. The van der Waals surface area contributed by atoms with E-state index in [1.807, 2.05) is 0 Å². The van der Waals surface area contributed by atoms with Gasteiger partial charge in [-0.05, 0) is 210 Å². The minimum atomic E-state index is -0.153. The minimum absolute atomic E-state index is 0.0132. The standard InChI is InChI=1S/C76H76N2/c1-69(2)45-71(5,6)75(11)63-41-51(33-39-65(63)77(73(75,9)47-69)53-29-21-15-22-30-53)61-43-59(49-25-17-13-18-26-49)55-36-38-58-62(44-60(50-27-19-14-20-28-50)56-35-37-57(61)67(55)68(56)58)52-34-40-66-64(42-52)76(12)72(7,8)46-70(3,4)48-74(76,10)78(66)54-31-23-16-24-32-54/h13-44H,45-48H2,1-12H3. The first-order chi connectivity index (χ1) is 37.1. The van der Waals surface area contributed by atoms with Crippen LogP contribution < -0.4 is 9.80 Å². The molecule has 2 heterocycles. The Morgan fingerprint density at radius 2 is 0.603 bits per heavy atom. The van der Waals surface area contributed by atoms with Crippen LogP contribution in [0.15, 0.2) is 194 Å². The zero-order valence-corrected chi connectivity index (χ0v) is 48.2. The van der Waals surface area contributed by atoms with Gasteiger partial charge in [-0.25, -0.2) is 0 Å². The minimum Gasteiger partial charge on any atom is -0.334 e. The van der Waals surface area contributed by atoms with Crippen LogP contribution in [0.25, 0.3) is 76.8 Å². The highest BCUT2D eigenvalue weighted by molar-refractivity contribution is 6.32. The topological polar surface area (TPSA) is 6.48 Å². The molecule has 4 atom stereocenters. The SMILES string of the molecule is CC1(C)CC(C)(C)C2(C)c3cc(-c4cc(-c5ccccc5)c5ccc6c(-c7ccc8c(c7)C7(C)C(C)(C)CC(C)(C)CC7(C)N8c7ccccc7)cc(-c7ccccc7)c7ccc4c5c76)ccc3N(c3ccccc3)C2(C)C1. The summed E-state index contributed by atoms with van der Waals surface area (Å²) in [4.78, 5) is 5.46. The van der Waals surface area contributed by atoms with Crippen LogP contribution >= 0.6 is 0 Å². The van der Waals surface area contributed by atoms with Crippen LogP contribution in [0.1, 0.15) is 120 Å². The van der Waals surface area contributed by atoms with E-state index in [0.717, 1.165) is 25.7 Å². The summed E-state index contributed by atoms with van der Waals surface area (Å²) in [6, 6.07) is 74.8. The molecule has 0 spiro atoms. The van der Waals surface area contributed by atoms with Crippen molar-refractivity contribution in [1.82, 2.24) is 0 Å². The van der Waals surface area contributed by atoms with Gasteiger partial charge in [0, 0.05) is 33.6 Å². The molecule has 2 fully saturated rings. The van der Waals surface area contributed by atoms with Crippen LogP contribution in [0, 0.1) is 21.7 Å². The molecule has 2 heteroatoms. The summed E-state index contributed by atoms with van der Waals surface area (Å²) in [6.07, 6.45) is 4.52. The maximum Gasteiger partial charge on any atom is 0.0528 e. The highest BCUT2D eigenvalue weighted by Gasteiger charge is 2.69. The number of para-hydroxylation sites is 2.